The Hall–Kier alpha value is -1.52. The van der Waals surface area contributed by atoms with Crippen molar-refractivity contribution >= 4 is 23.5 Å². The van der Waals surface area contributed by atoms with Gasteiger partial charge in [-0.1, -0.05) is 0 Å². The molecule has 0 saturated carbocycles. The second kappa shape index (κ2) is 1.73. The number of carbonyl (C=O) groups is 1. The van der Waals surface area contributed by atoms with E-state index in [-0.39, 0.29) is 5.91 Å². The highest BCUT2D eigenvalue weighted by molar-refractivity contribution is 6.79. The minimum absolute atomic E-state index is 0.192. The molecule has 1 amide bonds. The number of aliphatic imine (C=N–C) groups is 1. The van der Waals surface area contributed by atoms with Gasteiger partial charge in [-0.2, -0.15) is 5.10 Å². The Labute approximate surface area is 56.6 Å². The third-order valence-electron chi connectivity index (χ3n) is 1.28. The molecule has 0 spiro atoms. The van der Waals surface area contributed by atoms with Crippen LogP contribution >= 0.6 is 0 Å². The standard InChI is InChI=1S/C5H4N4O/c10-5-4-3(1-8-9-4)6-2-7-5/h1H,2H2,(H,7,10). The zero-order valence-electron chi connectivity index (χ0n) is 5.03. The molecular formula is C5H4N4O. The number of fused-ring (bicyclic) bond motifs is 1. The molecule has 0 aromatic carbocycles. The van der Waals surface area contributed by atoms with E-state index in [9.17, 15) is 4.79 Å². The summed E-state index contributed by atoms with van der Waals surface area (Å²) in [6.07, 6.45) is 1.48. The van der Waals surface area contributed by atoms with Crippen molar-refractivity contribution in [2.75, 3.05) is 6.67 Å². The zero-order chi connectivity index (χ0) is 6.97. The fourth-order valence-corrected chi connectivity index (χ4v) is 0.811. The van der Waals surface area contributed by atoms with E-state index < -0.39 is 0 Å². The van der Waals surface area contributed by atoms with Gasteiger partial charge in [0.1, 0.15) is 12.4 Å². The number of hydrogen-bond acceptors (Lipinski definition) is 4. The predicted molar refractivity (Wildman–Crippen MR) is 36.4 cm³/mol. The normalized spacial score (nSPS) is 21.4. The Morgan fingerprint density at radius 1 is 1.60 bits per heavy atom. The average molecular weight is 136 g/mol. The molecule has 0 fully saturated rings. The first-order valence-electron chi connectivity index (χ1n) is 2.82. The van der Waals surface area contributed by atoms with Gasteiger partial charge < -0.3 is 5.32 Å². The lowest BCUT2D eigenvalue weighted by Gasteiger charge is -2.06. The average Bonchev–Trinajstić information content (AvgIpc) is 2.36. The van der Waals surface area contributed by atoms with Crippen molar-refractivity contribution < 1.29 is 4.79 Å². The summed E-state index contributed by atoms with van der Waals surface area (Å²) in [6, 6.07) is 0. The van der Waals surface area contributed by atoms with E-state index >= 15 is 0 Å². The molecule has 0 saturated heterocycles. The predicted octanol–water partition coefficient (Wildman–Crippen LogP) is -1.04. The zero-order valence-corrected chi connectivity index (χ0v) is 5.03. The quantitative estimate of drug-likeness (QED) is 0.454. The van der Waals surface area contributed by atoms with Crippen LogP contribution < -0.4 is 5.32 Å². The van der Waals surface area contributed by atoms with Gasteiger partial charge >= 0.3 is 0 Å². The van der Waals surface area contributed by atoms with E-state index in [1.165, 1.54) is 6.21 Å². The Balaban J connectivity index is 2.46. The van der Waals surface area contributed by atoms with E-state index in [0.717, 1.165) is 0 Å². The molecule has 5 heteroatoms. The molecule has 0 bridgehead atoms. The highest BCUT2D eigenvalue weighted by Crippen LogP contribution is 1.97. The summed E-state index contributed by atoms with van der Waals surface area (Å²) in [5, 5.41) is 9.65. The molecule has 0 aliphatic carbocycles. The molecule has 0 atom stereocenters. The number of rotatable bonds is 0. The monoisotopic (exact) mass is 136 g/mol. The Morgan fingerprint density at radius 2 is 2.50 bits per heavy atom. The van der Waals surface area contributed by atoms with E-state index in [0.29, 0.717) is 18.1 Å². The Bertz CT molecular complexity index is 275. The second-order valence-corrected chi connectivity index (χ2v) is 1.90. The molecule has 10 heavy (non-hydrogen) atoms. The van der Waals surface area contributed by atoms with Crippen molar-refractivity contribution in [3.05, 3.63) is 0 Å². The van der Waals surface area contributed by atoms with Crippen LogP contribution in [0.5, 0.6) is 0 Å². The van der Waals surface area contributed by atoms with Crippen molar-refractivity contribution in [2.45, 2.75) is 0 Å². The maximum atomic E-state index is 10.9. The topological polar surface area (TPSA) is 66.2 Å². The van der Waals surface area contributed by atoms with Crippen molar-refractivity contribution in [1.82, 2.24) is 5.32 Å². The molecule has 2 aliphatic rings. The maximum Gasteiger partial charge on any atom is 0.275 e. The highest BCUT2D eigenvalue weighted by Gasteiger charge is 2.23. The summed E-state index contributed by atoms with van der Waals surface area (Å²) in [5.74, 6) is -0.192. The first-order chi connectivity index (χ1) is 4.88. The number of nitrogens with one attached hydrogen (secondary N) is 1. The van der Waals surface area contributed by atoms with Gasteiger partial charge in [0.25, 0.3) is 5.91 Å². The van der Waals surface area contributed by atoms with E-state index in [4.69, 9.17) is 0 Å². The van der Waals surface area contributed by atoms with Crippen LogP contribution in [0.1, 0.15) is 0 Å². The van der Waals surface area contributed by atoms with Gasteiger partial charge in [-0.15, -0.1) is 5.10 Å². The van der Waals surface area contributed by atoms with E-state index in [2.05, 4.69) is 20.5 Å². The molecule has 0 aromatic rings. The number of nitrogens with zero attached hydrogens (tertiary/aromatic N) is 3. The maximum absolute atomic E-state index is 10.9. The summed E-state index contributed by atoms with van der Waals surface area (Å²) in [7, 11) is 0. The van der Waals surface area contributed by atoms with Gasteiger partial charge in [-0.3, -0.25) is 9.79 Å². The van der Waals surface area contributed by atoms with Gasteiger partial charge in [-0.25, -0.2) is 0 Å². The third-order valence-corrected chi connectivity index (χ3v) is 1.28. The minimum atomic E-state index is -0.192. The Morgan fingerprint density at radius 3 is 3.30 bits per heavy atom. The number of hydrogen-bond donors (Lipinski definition) is 1. The van der Waals surface area contributed by atoms with Crippen molar-refractivity contribution in [2.24, 2.45) is 15.2 Å². The van der Waals surface area contributed by atoms with Crippen LogP contribution in [0.4, 0.5) is 0 Å². The van der Waals surface area contributed by atoms with Crippen molar-refractivity contribution in [3.63, 3.8) is 0 Å². The lowest BCUT2D eigenvalue weighted by Crippen LogP contribution is -2.39. The third kappa shape index (κ3) is 0.570. The summed E-state index contributed by atoms with van der Waals surface area (Å²) < 4.78 is 0. The van der Waals surface area contributed by atoms with Gasteiger partial charge in [0.15, 0.2) is 5.71 Å². The van der Waals surface area contributed by atoms with Crippen LogP contribution in [0.3, 0.4) is 0 Å². The first kappa shape index (κ1) is 5.28. The van der Waals surface area contributed by atoms with Crippen molar-refractivity contribution in [3.8, 4) is 0 Å². The van der Waals surface area contributed by atoms with Crippen LogP contribution in [0, 0.1) is 0 Å². The summed E-state index contributed by atoms with van der Waals surface area (Å²) in [5.41, 5.74) is 0.912. The van der Waals surface area contributed by atoms with Crippen LogP contribution in [0.2, 0.25) is 0 Å². The molecule has 2 rings (SSSR count). The van der Waals surface area contributed by atoms with Crippen LogP contribution in [-0.4, -0.2) is 30.2 Å². The lowest BCUT2D eigenvalue weighted by atomic mass is 10.2. The minimum Gasteiger partial charge on any atom is -0.331 e. The van der Waals surface area contributed by atoms with E-state index in [1.54, 1.807) is 0 Å². The fraction of sp³-hybridized carbons (Fsp3) is 0.200. The first-order valence-corrected chi connectivity index (χ1v) is 2.82. The van der Waals surface area contributed by atoms with Gasteiger partial charge in [0.05, 0.1) is 6.21 Å². The summed E-state index contributed by atoms with van der Waals surface area (Å²) >= 11 is 0. The van der Waals surface area contributed by atoms with Crippen LogP contribution in [0.15, 0.2) is 15.2 Å². The molecular weight excluding hydrogens is 132 g/mol. The smallest absolute Gasteiger partial charge is 0.275 e. The number of amides is 1. The van der Waals surface area contributed by atoms with E-state index in [1.807, 2.05) is 0 Å². The largest absolute Gasteiger partial charge is 0.331 e. The van der Waals surface area contributed by atoms with Crippen molar-refractivity contribution in [1.29, 1.82) is 0 Å². The number of carbonyl (C=O) groups excluding carboxylic acids is 1. The molecule has 50 valence electrons. The molecule has 2 heterocycles. The molecule has 2 aliphatic heterocycles. The van der Waals surface area contributed by atoms with Gasteiger partial charge in [-0.05, 0) is 0 Å². The highest BCUT2D eigenvalue weighted by atomic mass is 16.2. The lowest BCUT2D eigenvalue weighted by molar-refractivity contribution is -0.114. The van der Waals surface area contributed by atoms with Gasteiger partial charge in [0, 0.05) is 0 Å². The molecule has 0 aromatic heterocycles. The molecule has 0 radical (unpaired) electrons. The Kier molecular flexibility index (Phi) is 0.913. The van der Waals surface area contributed by atoms with Crippen LogP contribution in [0.25, 0.3) is 0 Å². The second-order valence-electron chi connectivity index (χ2n) is 1.90. The molecule has 1 N–H and O–H groups in total. The summed E-state index contributed by atoms with van der Waals surface area (Å²) in [4.78, 5) is 14.8. The van der Waals surface area contributed by atoms with Crippen LogP contribution in [-0.2, 0) is 4.79 Å². The van der Waals surface area contributed by atoms with Gasteiger partial charge in [0.2, 0.25) is 0 Å². The molecule has 5 nitrogen and oxygen atoms in total. The summed E-state index contributed by atoms with van der Waals surface area (Å²) in [6.45, 7) is 0.333. The fourth-order valence-electron chi connectivity index (χ4n) is 0.811. The SMILES string of the molecule is O=C1NCN=C2C=NN=C12. The molecule has 0 unspecified atom stereocenters.